The van der Waals surface area contributed by atoms with Crippen molar-refractivity contribution >= 4 is 22.7 Å². The van der Waals surface area contributed by atoms with E-state index in [9.17, 15) is 10.1 Å². The van der Waals surface area contributed by atoms with Crippen LogP contribution in [0.2, 0.25) is 0 Å². The molecule has 0 radical (unpaired) electrons. The van der Waals surface area contributed by atoms with Crippen molar-refractivity contribution in [3.63, 3.8) is 0 Å². The van der Waals surface area contributed by atoms with Gasteiger partial charge in [0.2, 0.25) is 0 Å². The molecule has 5 aromatic carbocycles. The van der Waals surface area contributed by atoms with Crippen LogP contribution in [0.5, 0.6) is 0 Å². The number of hydrogen-bond donors (Lipinski definition) is 0. The molecule has 0 aliphatic heterocycles. The molecule has 0 heterocycles. The van der Waals surface area contributed by atoms with Gasteiger partial charge in [-0.1, -0.05) is 88.4 Å². The van der Waals surface area contributed by atoms with E-state index in [0.29, 0.717) is 0 Å². The van der Waals surface area contributed by atoms with Crippen LogP contribution in [0, 0.1) is 10.1 Å². The number of anilines is 3. The number of rotatable bonds is 4. The van der Waals surface area contributed by atoms with E-state index in [1.54, 1.807) is 12.1 Å². The van der Waals surface area contributed by atoms with Gasteiger partial charge in [0, 0.05) is 40.0 Å². The molecule has 0 bridgehead atoms. The van der Waals surface area contributed by atoms with E-state index in [2.05, 4.69) is 118 Å². The van der Waals surface area contributed by atoms with Crippen molar-refractivity contribution in [3.8, 4) is 22.3 Å². The molecule has 0 aromatic heterocycles. The highest BCUT2D eigenvalue weighted by Gasteiger charge is 2.37. The van der Waals surface area contributed by atoms with Gasteiger partial charge in [0.05, 0.1) is 4.92 Å². The predicted octanol–water partition coefficient (Wildman–Crippen LogP) is 9.68. The molecule has 0 N–H and O–H groups in total. The van der Waals surface area contributed by atoms with Crippen molar-refractivity contribution in [1.29, 1.82) is 0 Å². The maximum Gasteiger partial charge on any atom is 0.269 e. The summed E-state index contributed by atoms with van der Waals surface area (Å²) in [6.07, 6.45) is 0. The van der Waals surface area contributed by atoms with Crippen LogP contribution >= 0.6 is 0 Å². The molecule has 0 spiro atoms. The zero-order chi connectivity index (χ0) is 27.8. The van der Waals surface area contributed by atoms with Crippen molar-refractivity contribution in [2.45, 2.75) is 38.5 Å². The predicted molar refractivity (Wildman–Crippen MR) is 163 cm³/mol. The van der Waals surface area contributed by atoms with Crippen molar-refractivity contribution in [2.75, 3.05) is 4.90 Å². The number of nitro groups is 1. The lowest BCUT2D eigenvalue weighted by atomic mass is 9.82. The van der Waals surface area contributed by atoms with Gasteiger partial charge >= 0.3 is 0 Å². The Kier molecular flexibility index (Phi) is 5.11. The molecule has 7 rings (SSSR count). The molecule has 0 saturated carbocycles. The molecule has 2 aliphatic carbocycles. The second-order valence-corrected chi connectivity index (χ2v) is 11.9. The molecular weight excluding hydrogens is 492 g/mol. The molecule has 2 aliphatic rings. The van der Waals surface area contributed by atoms with Gasteiger partial charge in [-0.05, 0) is 80.9 Å². The van der Waals surface area contributed by atoms with Gasteiger partial charge in [-0.15, -0.1) is 0 Å². The van der Waals surface area contributed by atoms with Gasteiger partial charge in [0.1, 0.15) is 0 Å². The molecule has 0 atom stereocenters. The molecule has 5 aromatic rings. The minimum atomic E-state index is -0.349. The number of benzene rings is 5. The molecule has 4 nitrogen and oxygen atoms in total. The third kappa shape index (κ3) is 3.39. The summed E-state index contributed by atoms with van der Waals surface area (Å²) in [6.45, 7) is 9.14. The van der Waals surface area contributed by atoms with Crippen LogP contribution in [0.1, 0.15) is 49.9 Å². The van der Waals surface area contributed by atoms with E-state index in [0.717, 1.165) is 17.1 Å². The average molecular weight is 523 g/mol. The zero-order valence-electron chi connectivity index (χ0n) is 23.1. The van der Waals surface area contributed by atoms with Crippen LogP contribution in [0.4, 0.5) is 22.7 Å². The SMILES string of the molecule is CC1(C)c2ccccc2-c2ccc(N(c3ccc([N+](=O)[O-])cc3)c3ccc4c(c3)C(C)(C)c3ccccc3-4)cc21. The second kappa shape index (κ2) is 8.40. The Morgan fingerprint density at radius 1 is 0.525 bits per heavy atom. The van der Waals surface area contributed by atoms with E-state index in [1.165, 1.54) is 44.5 Å². The fourth-order valence-electron chi connectivity index (χ4n) is 6.83. The lowest BCUT2D eigenvalue weighted by Gasteiger charge is -2.29. The van der Waals surface area contributed by atoms with Crippen LogP contribution in [-0.2, 0) is 10.8 Å². The van der Waals surface area contributed by atoms with Crippen molar-refractivity contribution in [3.05, 3.63) is 142 Å². The summed E-state index contributed by atoms with van der Waals surface area (Å²) in [5.41, 5.74) is 13.1. The Labute approximate surface area is 234 Å². The fraction of sp³-hybridized carbons (Fsp3) is 0.167. The van der Waals surface area contributed by atoms with E-state index in [4.69, 9.17) is 0 Å². The third-order valence-electron chi connectivity index (χ3n) is 8.97. The quantitative estimate of drug-likeness (QED) is 0.174. The summed E-state index contributed by atoms with van der Waals surface area (Å²) in [5, 5.41) is 11.4. The van der Waals surface area contributed by atoms with Gasteiger partial charge in [-0.2, -0.15) is 0 Å². The Bertz CT molecular complexity index is 1730. The first-order chi connectivity index (χ1) is 19.2. The monoisotopic (exact) mass is 522 g/mol. The average Bonchev–Trinajstić information content (AvgIpc) is 3.33. The van der Waals surface area contributed by atoms with Crippen LogP contribution in [0.15, 0.2) is 109 Å². The highest BCUT2D eigenvalue weighted by Crippen LogP contribution is 2.52. The van der Waals surface area contributed by atoms with Gasteiger partial charge < -0.3 is 4.90 Å². The van der Waals surface area contributed by atoms with Crippen molar-refractivity contribution < 1.29 is 4.92 Å². The van der Waals surface area contributed by atoms with E-state index >= 15 is 0 Å². The Morgan fingerprint density at radius 3 is 1.38 bits per heavy atom. The molecule has 40 heavy (non-hydrogen) atoms. The summed E-state index contributed by atoms with van der Waals surface area (Å²) in [6, 6.07) is 37.5. The Morgan fingerprint density at radius 2 is 0.925 bits per heavy atom. The van der Waals surface area contributed by atoms with Crippen LogP contribution in [0.3, 0.4) is 0 Å². The largest absolute Gasteiger partial charge is 0.310 e. The molecule has 4 heteroatoms. The lowest BCUT2D eigenvalue weighted by molar-refractivity contribution is -0.384. The second-order valence-electron chi connectivity index (χ2n) is 11.9. The van der Waals surface area contributed by atoms with Gasteiger partial charge in [-0.3, -0.25) is 10.1 Å². The normalized spacial score (nSPS) is 15.1. The maximum absolute atomic E-state index is 11.4. The minimum Gasteiger partial charge on any atom is -0.310 e. The third-order valence-corrected chi connectivity index (χ3v) is 8.97. The summed E-state index contributed by atoms with van der Waals surface area (Å²) in [4.78, 5) is 13.3. The first kappa shape index (κ1) is 24.3. The topological polar surface area (TPSA) is 46.4 Å². The van der Waals surface area contributed by atoms with E-state index < -0.39 is 0 Å². The van der Waals surface area contributed by atoms with Gasteiger partial charge in [0.15, 0.2) is 0 Å². The Hall–Kier alpha value is -4.70. The number of nitro benzene ring substituents is 1. The zero-order valence-corrected chi connectivity index (χ0v) is 23.1. The van der Waals surface area contributed by atoms with Gasteiger partial charge in [0.25, 0.3) is 5.69 Å². The molecule has 196 valence electrons. The number of fused-ring (bicyclic) bond motifs is 6. The summed E-state index contributed by atoms with van der Waals surface area (Å²) < 4.78 is 0. The molecule has 0 saturated heterocycles. The van der Waals surface area contributed by atoms with Crippen LogP contribution in [0.25, 0.3) is 22.3 Å². The lowest BCUT2D eigenvalue weighted by Crippen LogP contribution is -2.18. The van der Waals surface area contributed by atoms with E-state index in [1.807, 2.05) is 12.1 Å². The maximum atomic E-state index is 11.4. The van der Waals surface area contributed by atoms with Crippen molar-refractivity contribution in [1.82, 2.24) is 0 Å². The highest BCUT2D eigenvalue weighted by atomic mass is 16.6. The fourth-order valence-corrected chi connectivity index (χ4v) is 6.83. The summed E-state index contributed by atoms with van der Waals surface area (Å²) >= 11 is 0. The standard InChI is InChI=1S/C36H30N2O2/c1-35(2)31-11-7-5-9-27(31)29-19-17-25(21-33(29)35)37(23-13-15-24(16-14-23)38(39)40)26-18-20-30-28-10-6-8-12-32(28)36(3,4)34(30)22-26/h5-22H,1-4H3. The highest BCUT2D eigenvalue weighted by molar-refractivity contribution is 5.88. The smallest absolute Gasteiger partial charge is 0.269 e. The first-order valence-corrected chi connectivity index (χ1v) is 13.7. The molecule has 0 fully saturated rings. The molecule has 0 amide bonds. The van der Waals surface area contributed by atoms with Crippen LogP contribution < -0.4 is 4.90 Å². The minimum absolute atomic E-state index is 0.0831. The van der Waals surface area contributed by atoms with Gasteiger partial charge in [-0.25, -0.2) is 0 Å². The number of nitrogens with zero attached hydrogens (tertiary/aromatic N) is 2. The Balaban J connectivity index is 1.42. The van der Waals surface area contributed by atoms with Crippen LogP contribution in [-0.4, -0.2) is 4.92 Å². The van der Waals surface area contributed by atoms with Crippen molar-refractivity contribution in [2.24, 2.45) is 0 Å². The summed E-state index contributed by atoms with van der Waals surface area (Å²) in [7, 11) is 0. The molecule has 0 unspecified atom stereocenters. The summed E-state index contributed by atoms with van der Waals surface area (Å²) in [5.74, 6) is 0. The molecular formula is C36H30N2O2. The number of hydrogen-bond acceptors (Lipinski definition) is 3. The van der Waals surface area contributed by atoms with E-state index in [-0.39, 0.29) is 21.4 Å². The first-order valence-electron chi connectivity index (χ1n) is 13.7. The number of non-ortho nitro benzene ring substituents is 1.